The first kappa shape index (κ1) is 18.1. The highest BCUT2D eigenvalue weighted by atomic mass is 16.7. The Kier molecular flexibility index (Phi) is 4.04. The third-order valence-electron chi connectivity index (χ3n) is 6.12. The fourth-order valence-electron chi connectivity index (χ4n) is 3.87. The van der Waals surface area contributed by atoms with E-state index in [9.17, 15) is 4.79 Å². The predicted octanol–water partition coefficient (Wildman–Crippen LogP) is 3.87. The Morgan fingerprint density at radius 1 is 1.17 bits per heavy atom. The molecule has 3 fully saturated rings. The van der Waals surface area contributed by atoms with Gasteiger partial charge < -0.3 is 18.9 Å². The Hall–Kier alpha value is -0.745. The molecule has 136 valence electrons. The van der Waals surface area contributed by atoms with Gasteiger partial charge in [0.1, 0.15) is 5.60 Å². The minimum Gasteiger partial charge on any atom is -0.444 e. The van der Waals surface area contributed by atoms with Crippen molar-refractivity contribution >= 4 is 13.2 Å². The van der Waals surface area contributed by atoms with Crippen LogP contribution in [-0.2, 0) is 14.0 Å². The van der Waals surface area contributed by atoms with Crippen LogP contribution in [0.2, 0.25) is 5.31 Å². The zero-order chi connectivity index (χ0) is 18.0. The summed E-state index contributed by atoms with van der Waals surface area (Å²) in [5, 5.41) is -0.0710. The second kappa shape index (κ2) is 5.37. The highest BCUT2D eigenvalue weighted by molar-refractivity contribution is 6.51. The van der Waals surface area contributed by atoms with Gasteiger partial charge in [0.05, 0.1) is 11.2 Å². The molecule has 24 heavy (non-hydrogen) atoms. The van der Waals surface area contributed by atoms with Gasteiger partial charge in [0, 0.05) is 18.4 Å². The summed E-state index contributed by atoms with van der Waals surface area (Å²) >= 11 is 0. The lowest BCUT2D eigenvalue weighted by Crippen LogP contribution is -2.42. The van der Waals surface area contributed by atoms with Crippen LogP contribution < -0.4 is 0 Å². The summed E-state index contributed by atoms with van der Waals surface area (Å²) < 4.78 is 18.3. The van der Waals surface area contributed by atoms with Crippen molar-refractivity contribution in [2.45, 2.75) is 89.8 Å². The summed E-state index contributed by atoms with van der Waals surface area (Å²) in [7, 11) is -0.240. The van der Waals surface area contributed by atoms with E-state index in [1.54, 1.807) is 0 Å². The van der Waals surface area contributed by atoms with Crippen LogP contribution in [0.15, 0.2) is 0 Å². The van der Waals surface area contributed by atoms with Crippen LogP contribution in [0.25, 0.3) is 0 Å². The van der Waals surface area contributed by atoms with E-state index in [1.165, 1.54) is 0 Å². The fourth-order valence-corrected chi connectivity index (χ4v) is 3.87. The van der Waals surface area contributed by atoms with E-state index in [1.807, 2.05) is 25.7 Å². The first-order valence-corrected chi connectivity index (χ1v) is 9.20. The Morgan fingerprint density at radius 3 is 2.29 bits per heavy atom. The highest BCUT2D eigenvalue weighted by Gasteiger charge is 2.70. The molecule has 1 saturated carbocycles. The molecule has 3 rings (SSSR count). The van der Waals surface area contributed by atoms with E-state index >= 15 is 0 Å². The second-order valence-electron chi connectivity index (χ2n) is 9.77. The quantitative estimate of drug-likeness (QED) is 0.682. The topological polar surface area (TPSA) is 48.0 Å². The number of rotatable bonds is 1. The Balaban J connectivity index is 1.76. The summed E-state index contributed by atoms with van der Waals surface area (Å²) in [6.07, 6.45) is 3.00. The summed E-state index contributed by atoms with van der Waals surface area (Å²) in [6, 6.07) is 0. The molecule has 0 spiro atoms. The molecule has 1 amide bonds. The number of carbonyl (C=O) groups excluding carboxylic acids is 1. The maximum atomic E-state index is 12.6. The summed E-state index contributed by atoms with van der Waals surface area (Å²) in [5.41, 5.74) is -1.13. The molecule has 1 aliphatic carbocycles. The van der Waals surface area contributed by atoms with Crippen molar-refractivity contribution in [1.29, 1.82) is 0 Å². The van der Waals surface area contributed by atoms with Crippen LogP contribution in [0.1, 0.15) is 67.7 Å². The second-order valence-corrected chi connectivity index (χ2v) is 9.77. The van der Waals surface area contributed by atoms with Crippen LogP contribution >= 0.6 is 0 Å². The molecule has 0 bridgehead atoms. The first-order chi connectivity index (χ1) is 10.9. The van der Waals surface area contributed by atoms with Crippen molar-refractivity contribution in [2.24, 2.45) is 5.92 Å². The molecule has 0 aromatic heterocycles. The number of fused-ring (bicyclic) bond motifs is 1. The maximum absolute atomic E-state index is 12.6. The zero-order valence-electron chi connectivity index (χ0n) is 16.3. The number of likely N-dealkylation sites (tertiary alicyclic amines) is 1. The smallest absolute Gasteiger partial charge is 0.444 e. The summed E-state index contributed by atoms with van der Waals surface area (Å²) in [6.45, 7) is 15.5. The molecular formula is C18H32BNO4. The molecule has 0 aromatic rings. The molecule has 0 unspecified atom stereocenters. The minimum absolute atomic E-state index is 0.0710. The Morgan fingerprint density at radius 2 is 1.75 bits per heavy atom. The summed E-state index contributed by atoms with van der Waals surface area (Å²) in [5.74, 6) is 0.583. The fraction of sp³-hybridized carbons (Fsp3) is 0.944. The molecule has 5 nitrogen and oxygen atoms in total. The van der Waals surface area contributed by atoms with Gasteiger partial charge in [-0.15, -0.1) is 0 Å². The highest BCUT2D eigenvalue weighted by Crippen LogP contribution is 2.67. The van der Waals surface area contributed by atoms with E-state index in [0.29, 0.717) is 12.5 Å². The van der Waals surface area contributed by atoms with Gasteiger partial charge in [-0.3, -0.25) is 0 Å². The van der Waals surface area contributed by atoms with Gasteiger partial charge in [0.15, 0.2) is 0 Å². The van der Waals surface area contributed by atoms with Crippen LogP contribution in [0.5, 0.6) is 0 Å². The van der Waals surface area contributed by atoms with E-state index in [0.717, 1.165) is 25.8 Å². The first-order valence-electron chi connectivity index (χ1n) is 9.20. The molecule has 0 radical (unpaired) electrons. The predicted molar refractivity (Wildman–Crippen MR) is 93.9 cm³/mol. The van der Waals surface area contributed by atoms with E-state index < -0.39 is 5.60 Å². The van der Waals surface area contributed by atoms with Crippen molar-refractivity contribution in [3.8, 4) is 0 Å². The average molecular weight is 337 g/mol. The van der Waals surface area contributed by atoms with Crippen molar-refractivity contribution < 1.29 is 18.8 Å². The van der Waals surface area contributed by atoms with Crippen molar-refractivity contribution in [2.75, 3.05) is 13.1 Å². The largest absolute Gasteiger partial charge is 0.466 e. The van der Waals surface area contributed by atoms with Crippen LogP contribution in [0.4, 0.5) is 4.79 Å². The van der Waals surface area contributed by atoms with Gasteiger partial charge in [-0.25, -0.2) is 4.79 Å². The van der Waals surface area contributed by atoms with E-state index in [4.69, 9.17) is 14.0 Å². The molecule has 0 N–H and O–H groups in total. The van der Waals surface area contributed by atoms with Gasteiger partial charge in [0.25, 0.3) is 0 Å². The molecule has 2 heterocycles. The number of nitrogens with zero attached hydrogens (tertiary/aromatic N) is 1. The Bertz CT molecular complexity index is 512. The maximum Gasteiger partial charge on any atom is 0.466 e. The molecule has 2 aliphatic heterocycles. The number of amides is 1. The monoisotopic (exact) mass is 337 g/mol. The van der Waals surface area contributed by atoms with Gasteiger partial charge in [-0.2, -0.15) is 0 Å². The number of carbonyl (C=O) groups is 1. The van der Waals surface area contributed by atoms with Crippen molar-refractivity contribution in [1.82, 2.24) is 4.90 Å². The molecular weight excluding hydrogens is 305 g/mol. The third-order valence-corrected chi connectivity index (χ3v) is 6.12. The van der Waals surface area contributed by atoms with Crippen molar-refractivity contribution in [3.05, 3.63) is 0 Å². The summed E-state index contributed by atoms with van der Waals surface area (Å²) in [4.78, 5) is 14.4. The Labute approximate surface area is 146 Å². The standard InChI is InChI=1S/C18H32BNO4/c1-15(2,3)22-14(21)20-10-8-9-13-11-18(13,12-20)19-23-16(4,5)17(6,7)24-19/h13H,8-12H2,1-7H3/t13-,18+/m1/s1. The SMILES string of the molecule is CC(C)(C)OC(=O)N1CCC[C@@H]2C[C@]2(B2OC(C)(C)C(C)(C)O2)C1. The molecule has 3 aliphatic rings. The molecule has 2 saturated heterocycles. The van der Waals surface area contributed by atoms with Gasteiger partial charge >= 0.3 is 13.2 Å². The zero-order valence-corrected chi connectivity index (χ0v) is 16.3. The lowest BCUT2D eigenvalue weighted by Gasteiger charge is -2.32. The van der Waals surface area contributed by atoms with Crippen molar-refractivity contribution in [3.63, 3.8) is 0 Å². The van der Waals surface area contributed by atoms with E-state index in [-0.39, 0.29) is 29.7 Å². The van der Waals surface area contributed by atoms with Crippen LogP contribution in [0.3, 0.4) is 0 Å². The number of hydrogen-bond donors (Lipinski definition) is 0. The number of hydrogen-bond acceptors (Lipinski definition) is 4. The average Bonchev–Trinajstić information content (AvgIpc) is 3.03. The lowest BCUT2D eigenvalue weighted by molar-refractivity contribution is 0.00578. The normalized spacial score (nSPS) is 34.5. The van der Waals surface area contributed by atoms with Crippen LogP contribution in [-0.4, -0.2) is 48.0 Å². The van der Waals surface area contributed by atoms with Gasteiger partial charge in [-0.1, -0.05) is 0 Å². The molecule has 0 aromatic carbocycles. The minimum atomic E-state index is -0.468. The van der Waals surface area contributed by atoms with Crippen LogP contribution in [0, 0.1) is 5.92 Å². The van der Waals surface area contributed by atoms with E-state index in [2.05, 4.69) is 27.7 Å². The number of ether oxygens (including phenoxy) is 1. The van der Waals surface area contributed by atoms with Gasteiger partial charge in [-0.05, 0) is 73.6 Å². The third kappa shape index (κ3) is 3.07. The molecule has 2 atom stereocenters. The lowest BCUT2D eigenvalue weighted by atomic mass is 9.66. The van der Waals surface area contributed by atoms with Gasteiger partial charge in [0.2, 0.25) is 0 Å². The molecule has 6 heteroatoms.